The molecular weight excluding hydrogens is 440 g/mol. The average molecular weight is 473 g/mol. The van der Waals surface area contributed by atoms with Gasteiger partial charge in [-0.3, -0.25) is 14.5 Å². The molecule has 1 fully saturated rings. The number of hydrogen-bond donors (Lipinski definition) is 2. The van der Waals surface area contributed by atoms with E-state index in [4.69, 9.17) is 15.7 Å². The Balaban J connectivity index is 1.42. The summed E-state index contributed by atoms with van der Waals surface area (Å²) in [6.07, 6.45) is 3.49. The quantitative estimate of drug-likeness (QED) is 0.489. The standard InChI is InChI=1S/C27H32N6O2/c1-19(2)25(26(28)35)31-27-21-10-6-7-11-22(21)29-23(30-27)18-32-14-16-33(17-15-32)24(34)13-12-20-8-4-3-5-9-20/h3-13,19,25H,14-18H2,1-2H3,(H2,28,35)(H,29,30,31)/b13-12+/t25-/m0/s1. The summed E-state index contributed by atoms with van der Waals surface area (Å²) in [5.74, 6) is 0.913. The Bertz CT molecular complexity index is 1200. The molecule has 1 aliphatic heterocycles. The maximum atomic E-state index is 12.6. The second-order valence-corrected chi connectivity index (χ2v) is 9.12. The molecule has 0 spiro atoms. The maximum Gasteiger partial charge on any atom is 0.246 e. The van der Waals surface area contributed by atoms with E-state index in [-0.39, 0.29) is 11.8 Å². The van der Waals surface area contributed by atoms with Gasteiger partial charge in [0.1, 0.15) is 17.7 Å². The van der Waals surface area contributed by atoms with Crippen LogP contribution in [-0.2, 0) is 16.1 Å². The van der Waals surface area contributed by atoms with E-state index >= 15 is 0 Å². The fraction of sp³-hybridized carbons (Fsp3) is 0.333. The largest absolute Gasteiger partial charge is 0.368 e. The molecule has 0 saturated carbocycles. The number of nitrogens with zero attached hydrogens (tertiary/aromatic N) is 4. The maximum absolute atomic E-state index is 12.6. The number of benzene rings is 2. The summed E-state index contributed by atoms with van der Waals surface area (Å²) in [7, 11) is 0. The van der Waals surface area contributed by atoms with Gasteiger partial charge in [-0.2, -0.15) is 0 Å². The van der Waals surface area contributed by atoms with E-state index in [1.807, 2.05) is 79.4 Å². The summed E-state index contributed by atoms with van der Waals surface area (Å²) in [5, 5.41) is 4.09. The molecule has 4 rings (SSSR count). The fourth-order valence-corrected chi connectivity index (χ4v) is 4.18. The smallest absolute Gasteiger partial charge is 0.246 e. The third-order valence-corrected chi connectivity index (χ3v) is 6.18. The molecule has 3 N–H and O–H groups in total. The summed E-state index contributed by atoms with van der Waals surface area (Å²) in [4.78, 5) is 38.2. The second-order valence-electron chi connectivity index (χ2n) is 9.12. The Hall–Kier alpha value is -3.78. The molecule has 2 heterocycles. The van der Waals surface area contributed by atoms with Gasteiger partial charge >= 0.3 is 0 Å². The van der Waals surface area contributed by atoms with Crippen molar-refractivity contribution in [2.45, 2.75) is 26.4 Å². The van der Waals surface area contributed by atoms with E-state index in [0.29, 0.717) is 31.3 Å². The molecule has 0 aliphatic carbocycles. The number of anilines is 1. The molecule has 182 valence electrons. The normalized spacial score (nSPS) is 15.6. The summed E-state index contributed by atoms with van der Waals surface area (Å²) in [5.41, 5.74) is 7.44. The van der Waals surface area contributed by atoms with E-state index in [1.165, 1.54) is 0 Å². The van der Waals surface area contributed by atoms with Gasteiger partial charge in [0.2, 0.25) is 11.8 Å². The van der Waals surface area contributed by atoms with E-state index in [9.17, 15) is 9.59 Å². The van der Waals surface area contributed by atoms with Crippen molar-refractivity contribution in [1.82, 2.24) is 19.8 Å². The lowest BCUT2D eigenvalue weighted by Gasteiger charge is -2.33. The van der Waals surface area contributed by atoms with Gasteiger partial charge in [-0.15, -0.1) is 0 Å². The van der Waals surface area contributed by atoms with Crippen LogP contribution < -0.4 is 11.1 Å². The zero-order valence-electron chi connectivity index (χ0n) is 20.2. The number of primary amides is 1. The van der Waals surface area contributed by atoms with Crippen molar-refractivity contribution in [2.24, 2.45) is 11.7 Å². The van der Waals surface area contributed by atoms with Gasteiger partial charge in [0.05, 0.1) is 12.1 Å². The number of nitrogens with one attached hydrogen (secondary N) is 1. The van der Waals surface area contributed by atoms with Crippen molar-refractivity contribution in [3.8, 4) is 0 Å². The highest BCUT2D eigenvalue weighted by Gasteiger charge is 2.23. The van der Waals surface area contributed by atoms with Gasteiger partial charge in [-0.1, -0.05) is 56.3 Å². The van der Waals surface area contributed by atoms with Crippen molar-refractivity contribution in [2.75, 3.05) is 31.5 Å². The van der Waals surface area contributed by atoms with Crippen LogP contribution in [0.15, 0.2) is 60.7 Å². The van der Waals surface area contributed by atoms with Crippen molar-refractivity contribution in [1.29, 1.82) is 0 Å². The van der Waals surface area contributed by atoms with Crippen LogP contribution in [0, 0.1) is 5.92 Å². The molecule has 0 radical (unpaired) electrons. The molecule has 8 heteroatoms. The van der Waals surface area contributed by atoms with Gasteiger partial charge in [-0.25, -0.2) is 9.97 Å². The van der Waals surface area contributed by atoms with Crippen LogP contribution in [0.25, 0.3) is 17.0 Å². The van der Waals surface area contributed by atoms with Crippen LogP contribution in [0.4, 0.5) is 5.82 Å². The number of nitrogens with two attached hydrogens (primary N) is 1. The van der Waals surface area contributed by atoms with E-state index in [2.05, 4.69) is 10.2 Å². The first-order valence-corrected chi connectivity index (χ1v) is 12.0. The lowest BCUT2D eigenvalue weighted by molar-refractivity contribution is -0.127. The topological polar surface area (TPSA) is 104 Å². The van der Waals surface area contributed by atoms with Crippen LogP contribution in [0.3, 0.4) is 0 Å². The van der Waals surface area contributed by atoms with Crippen LogP contribution >= 0.6 is 0 Å². The zero-order chi connectivity index (χ0) is 24.8. The third kappa shape index (κ3) is 6.22. The number of hydrogen-bond acceptors (Lipinski definition) is 6. The van der Waals surface area contributed by atoms with Gasteiger partial charge in [0.15, 0.2) is 0 Å². The van der Waals surface area contributed by atoms with E-state index < -0.39 is 11.9 Å². The SMILES string of the molecule is CC(C)[C@H](Nc1nc(CN2CCN(C(=O)/C=C/c3ccccc3)CC2)nc2ccccc12)C(N)=O. The van der Waals surface area contributed by atoms with Gasteiger partial charge in [0.25, 0.3) is 0 Å². The minimum Gasteiger partial charge on any atom is -0.368 e. The second kappa shape index (κ2) is 11.1. The predicted octanol–water partition coefficient (Wildman–Crippen LogP) is 2.91. The molecule has 2 amide bonds. The molecule has 1 atom stereocenters. The van der Waals surface area contributed by atoms with Crippen molar-refractivity contribution < 1.29 is 9.59 Å². The minimum absolute atomic E-state index is 0.0197. The van der Waals surface area contributed by atoms with Gasteiger partial charge in [0, 0.05) is 37.6 Å². The first kappa shape index (κ1) is 24.3. The summed E-state index contributed by atoms with van der Waals surface area (Å²) in [6.45, 7) is 7.22. The fourth-order valence-electron chi connectivity index (χ4n) is 4.18. The van der Waals surface area contributed by atoms with Crippen LogP contribution in [0.2, 0.25) is 0 Å². The Kier molecular flexibility index (Phi) is 7.72. The number of para-hydroxylation sites is 1. The highest BCUT2D eigenvalue weighted by atomic mass is 16.2. The first-order valence-electron chi connectivity index (χ1n) is 12.0. The minimum atomic E-state index is -0.528. The molecule has 8 nitrogen and oxygen atoms in total. The van der Waals surface area contributed by atoms with Gasteiger partial charge < -0.3 is 16.0 Å². The van der Waals surface area contributed by atoms with Crippen LogP contribution in [-0.4, -0.2) is 63.8 Å². The highest BCUT2D eigenvalue weighted by Crippen LogP contribution is 2.23. The molecule has 1 aromatic heterocycles. The van der Waals surface area contributed by atoms with E-state index in [1.54, 1.807) is 6.08 Å². The Labute approximate surface area is 205 Å². The molecule has 1 aliphatic rings. The van der Waals surface area contributed by atoms with Gasteiger partial charge in [-0.05, 0) is 29.7 Å². The summed E-state index contributed by atoms with van der Waals surface area (Å²) < 4.78 is 0. The molecular formula is C27H32N6O2. The predicted molar refractivity (Wildman–Crippen MR) is 138 cm³/mol. The number of piperazine rings is 1. The number of rotatable bonds is 8. The van der Waals surface area contributed by atoms with Crippen LogP contribution in [0.1, 0.15) is 25.2 Å². The number of fused-ring (bicyclic) bond motifs is 1. The zero-order valence-corrected chi connectivity index (χ0v) is 20.2. The molecule has 0 bridgehead atoms. The van der Waals surface area contributed by atoms with E-state index in [0.717, 1.165) is 29.6 Å². The third-order valence-electron chi connectivity index (χ3n) is 6.18. The monoisotopic (exact) mass is 472 g/mol. The first-order chi connectivity index (χ1) is 16.9. The Morgan fingerprint density at radius 3 is 2.37 bits per heavy atom. The number of aromatic nitrogens is 2. The molecule has 0 unspecified atom stereocenters. The Morgan fingerprint density at radius 1 is 1.00 bits per heavy atom. The summed E-state index contributed by atoms with van der Waals surface area (Å²) >= 11 is 0. The van der Waals surface area contributed by atoms with Crippen LogP contribution in [0.5, 0.6) is 0 Å². The average Bonchev–Trinajstić information content (AvgIpc) is 2.86. The van der Waals surface area contributed by atoms with Crippen molar-refractivity contribution in [3.63, 3.8) is 0 Å². The lowest BCUT2D eigenvalue weighted by Crippen LogP contribution is -2.48. The van der Waals surface area contributed by atoms with Crippen molar-refractivity contribution >= 4 is 34.6 Å². The Morgan fingerprint density at radius 2 is 1.69 bits per heavy atom. The van der Waals surface area contributed by atoms with Crippen molar-refractivity contribution in [3.05, 3.63) is 72.1 Å². The number of amides is 2. The molecule has 1 saturated heterocycles. The number of carbonyl (C=O) groups is 2. The molecule has 2 aromatic carbocycles. The summed E-state index contributed by atoms with van der Waals surface area (Å²) in [6, 6.07) is 17.0. The highest BCUT2D eigenvalue weighted by molar-refractivity contribution is 5.92. The molecule has 35 heavy (non-hydrogen) atoms. The molecule has 3 aromatic rings. The number of carbonyl (C=O) groups excluding carboxylic acids is 2. The lowest BCUT2D eigenvalue weighted by atomic mass is 10.0.